The molecular formula is C33H60O2. The lowest BCUT2D eigenvalue weighted by Gasteiger charge is -2.52. The zero-order chi connectivity index (χ0) is 26.8. The molecule has 4 fully saturated rings. The number of fused-ring (bicyclic) bond motifs is 4. The van der Waals surface area contributed by atoms with E-state index in [9.17, 15) is 5.11 Å². The zero-order valence-electron chi connectivity index (χ0n) is 25.9. The van der Waals surface area contributed by atoms with Crippen molar-refractivity contribution < 1.29 is 9.84 Å². The molecule has 0 saturated heterocycles. The molecule has 35 heavy (non-hydrogen) atoms. The van der Waals surface area contributed by atoms with Crippen molar-refractivity contribution in [3.8, 4) is 0 Å². The number of aliphatic hydroxyl groups is 1. The minimum Gasteiger partial charge on any atom is -0.367 e. The normalized spacial score (nSPS) is 41.3. The van der Waals surface area contributed by atoms with Crippen molar-refractivity contribution in [1.29, 1.82) is 0 Å². The van der Waals surface area contributed by atoms with Gasteiger partial charge in [-0.15, -0.1) is 0 Å². The van der Waals surface area contributed by atoms with Crippen LogP contribution in [0.2, 0.25) is 0 Å². The lowest BCUT2D eigenvalue weighted by molar-refractivity contribution is -0.265. The van der Waals surface area contributed by atoms with E-state index in [4.69, 9.17) is 4.74 Å². The summed E-state index contributed by atoms with van der Waals surface area (Å²) >= 11 is 0. The van der Waals surface area contributed by atoms with Crippen LogP contribution in [0.5, 0.6) is 0 Å². The van der Waals surface area contributed by atoms with Crippen LogP contribution in [-0.4, -0.2) is 17.5 Å². The van der Waals surface area contributed by atoms with Gasteiger partial charge in [0.25, 0.3) is 0 Å². The van der Waals surface area contributed by atoms with Crippen LogP contribution in [0.15, 0.2) is 0 Å². The van der Waals surface area contributed by atoms with Crippen molar-refractivity contribution in [1.82, 2.24) is 0 Å². The van der Waals surface area contributed by atoms with Gasteiger partial charge >= 0.3 is 0 Å². The summed E-state index contributed by atoms with van der Waals surface area (Å²) < 4.78 is 6.69. The predicted octanol–water partition coefficient (Wildman–Crippen LogP) is 8.96. The second-order valence-corrected chi connectivity index (χ2v) is 18.4. The highest BCUT2D eigenvalue weighted by atomic mass is 16.6. The Bertz CT molecular complexity index is 808. The van der Waals surface area contributed by atoms with Crippen molar-refractivity contribution >= 4 is 0 Å². The van der Waals surface area contributed by atoms with Gasteiger partial charge in [0, 0.05) is 5.41 Å². The monoisotopic (exact) mass is 488 g/mol. The van der Waals surface area contributed by atoms with Gasteiger partial charge in [-0.25, -0.2) is 0 Å². The fourth-order valence-electron chi connectivity index (χ4n) is 10.7. The molecule has 0 aromatic carbocycles. The number of rotatable bonds is 7. The molecule has 0 heterocycles. The van der Waals surface area contributed by atoms with Gasteiger partial charge in [-0.1, -0.05) is 96.9 Å². The Morgan fingerprint density at radius 3 is 1.89 bits per heavy atom. The average Bonchev–Trinajstić information content (AvgIpc) is 3.34. The quantitative estimate of drug-likeness (QED) is 0.362. The van der Waals surface area contributed by atoms with E-state index in [0.29, 0.717) is 5.41 Å². The second-order valence-electron chi connectivity index (χ2n) is 18.4. The Balaban J connectivity index is 1.53. The largest absolute Gasteiger partial charge is 0.367 e. The van der Waals surface area contributed by atoms with Crippen LogP contribution in [0.25, 0.3) is 0 Å². The molecule has 4 saturated carbocycles. The number of hydrogen-bond acceptors (Lipinski definition) is 2. The van der Waals surface area contributed by atoms with Crippen LogP contribution in [0.1, 0.15) is 129 Å². The molecule has 9 atom stereocenters. The first-order chi connectivity index (χ1) is 15.5. The first-order valence-electron chi connectivity index (χ1n) is 14.8. The van der Waals surface area contributed by atoms with Gasteiger partial charge in [-0.3, -0.25) is 0 Å². The summed E-state index contributed by atoms with van der Waals surface area (Å²) in [5, 5.41) is 11.8. The number of hydrogen-bond donors (Lipinski definition) is 1. The minimum absolute atomic E-state index is 0.0262. The van der Waals surface area contributed by atoms with E-state index in [0.717, 1.165) is 41.4 Å². The summed E-state index contributed by atoms with van der Waals surface area (Å²) in [6.45, 7) is 32.8. The zero-order valence-corrected chi connectivity index (χ0v) is 25.9. The minimum atomic E-state index is -0.790. The molecule has 1 N–H and O–H groups in total. The van der Waals surface area contributed by atoms with Gasteiger partial charge in [0.15, 0.2) is 6.29 Å². The topological polar surface area (TPSA) is 29.5 Å². The van der Waals surface area contributed by atoms with Gasteiger partial charge in [0.2, 0.25) is 0 Å². The van der Waals surface area contributed by atoms with Gasteiger partial charge in [-0.2, -0.15) is 0 Å². The molecule has 0 aromatic heterocycles. The molecule has 0 radical (unpaired) electrons. The van der Waals surface area contributed by atoms with Gasteiger partial charge in [0.05, 0.1) is 6.10 Å². The molecule has 2 heteroatoms. The van der Waals surface area contributed by atoms with E-state index in [1.165, 1.54) is 25.7 Å². The molecule has 4 aliphatic carbocycles. The summed E-state index contributed by atoms with van der Waals surface area (Å²) in [7, 11) is 0. The van der Waals surface area contributed by atoms with E-state index < -0.39 is 6.29 Å². The van der Waals surface area contributed by atoms with Gasteiger partial charge < -0.3 is 9.84 Å². The molecule has 1 spiro atoms. The van der Waals surface area contributed by atoms with Crippen LogP contribution in [0.3, 0.4) is 0 Å². The fraction of sp³-hybridized carbons (Fsp3) is 1.00. The van der Waals surface area contributed by atoms with E-state index in [1.807, 2.05) is 0 Å². The maximum Gasteiger partial charge on any atom is 0.160 e. The molecule has 0 aliphatic heterocycles. The highest BCUT2D eigenvalue weighted by Gasteiger charge is 2.82. The molecule has 0 aromatic rings. The number of aliphatic hydroxyl groups excluding tert-OH is 1. The van der Waals surface area contributed by atoms with E-state index in [1.54, 1.807) is 0 Å². The molecular weight excluding hydrogens is 428 g/mol. The van der Waals surface area contributed by atoms with Crippen LogP contribution in [0, 0.1) is 67.5 Å². The number of ether oxygens (including phenoxy) is 1. The van der Waals surface area contributed by atoms with Crippen molar-refractivity contribution in [2.45, 2.75) is 141 Å². The van der Waals surface area contributed by atoms with Gasteiger partial charge in [0.1, 0.15) is 0 Å². The summed E-state index contributed by atoms with van der Waals surface area (Å²) in [5.41, 5.74) is 0.899. The fourth-order valence-corrected chi connectivity index (χ4v) is 10.7. The smallest absolute Gasteiger partial charge is 0.160 e. The maximum absolute atomic E-state index is 11.8. The molecule has 204 valence electrons. The molecule has 9 unspecified atom stereocenters. The summed E-state index contributed by atoms with van der Waals surface area (Å²) in [6.07, 6.45) is 5.99. The first-order valence-corrected chi connectivity index (χ1v) is 14.8. The van der Waals surface area contributed by atoms with Crippen LogP contribution in [0.4, 0.5) is 0 Å². The van der Waals surface area contributed by atoms with Crippen LogP contribution < -0.4 is 0 Å². The standard InChI is InChI=1S/C33H60O2/c1-20-22-24-23(21-15-16-33(20,22)17-21)31(24,13)18-30(11,12)19-32(14,29(8,9)10)26(34)35-25(27(2,3)4)28(5,6)7/h20-26,34H,15-19H2,1-14H3. The van der Waals surface area contributed by atoms with E-state index in [2.05, 4.69) is 96.9 Å². The van der Waals surface area contributed by atoms with E-state index >= 15 is 0 Å². The second kappa shape index (κ2) is 7.74. The summed E-state index contributed by atoms with van der Waals surface area (Å²) in [5.74, 6) is 4.89. The molecule has 4 aliphatic rings. The molecule has 2 bridgehead atoms. The predicted molar refractivity (Wildman–Crippen MR) is 148 cm³/mol. The van der Waals surface area contributed by atoms with Crippen molar-refractivity contribution in [3.63, 3.8) is 0 Å². The van der Waals surface area contributed by atoms with Crippen molar-refractivity contribution in [3.05, 3.63) is 0 Å². The Morgan fingerprint density at radius 2 is 1.40 bits per heavy atom. The Morgan fingerprint density at radius 1 is 0.857 bits per heavy atom. The lowest BCUT2D eigenvalue weighted by atomic mass is 9.58. The van der Waals surface area contributed by atoms with Gasteiger partial charge in [-0.05, 0) is 94.2 Å². The SMILES string of the molecule is CC1C2C3C(C4CCC12C4)C3(C)CC(C)(C)CC(C)(C(O)OC(C(C)(C)C)C(C)(C)C)C(C)(C)C. The molecule has 4 rings (SSSR count). The molecule has 0 amide bonds. The average molecular weight is 489 g/mol. The lowest BCUT2D eigenvalue weighted by Crippen LogP contribution is -2.52. The van der Waals surface area contributed by atoms with Crippen LogP contribution in [-0.2, 0) is 4.74 Å². The third-order valence-electron chi connectivity index (χ3n) is 12.1. The Hall–Kier alpha value is -0.0800. The third-order valence-corrected chi connectivity index (χ3v) is 12.1. The maximum atomic E-state index is 11.8. The summed E-state index contributed by atoms with van der Waals surface area (Å²) in [6, 6.07) is 0. The van der Waals surface area contributed by atoms with Crippen molar-refractivity contribution in [2.24, 2.45) is 67.5 Å². The van der Waals surface area contributed by atoms with E-state index in [-0.39, 0.29) is 33.2 Å². The highest BCUT2D eigenvalue weighted by molar-refractivity contribution is 5.30. The highest BCUT2D eigenvalue weighted by Crippen LogP contribution is 2.88. The first kappa shape index (κ1) is 27.9. The van der Waals surface area contributed by atoms with Crippen LogP contribution >= 0.6 is 0 Å². The van der Waals surface area contributed by atoms with Crippen molar-refractivity contribution in [2.75, 3.05) is 0 Å². The summed E-state index contributed by atoms with van der Waals surface area (Å²) in [4.78, 5) is 0. The molecule has 2 nitrogen and oxygen atoms in total. The third kappa shape index (κ3) is 4.27. The Labute approximate surface area is 218 Å². The Kier molecular flexibility index (Phi) is 6.18.